The molecule has 0 aromatic heterocycles. The average Bonchev–Trinajstić information content (AvgIpc) is 2.79. The summed E-state index contributed by atoms with van der Waals surface area (Å²) in [6.45, 7) is 7.91. The van der Waals surface area contributed by atoms with Crippen molar-refractivity contribution in [2.75, 3.05) is 37.6 Å². The molecule has 0 radical (unpaired) electrons. The van der Waals surface area contributed by atoms with Crippen molar-refractivity contribution in [3.63, 3.8) is 0 Å². The number of anilines is 1. The van der Waals surface area contributed by atoms with E-state index in [0.29, 0.717) is 11.5 Å². The Balaban J connectivity index is 1.56. The minimum absolute atomic E-state index is 0.318. The van der Waals surface area contributed by atoms with Gasteiger partial charge in [-0.05, 0) is 36.5 Å². The number of hydrogen-bond acceptors (Lipinski definition) is 3. The lowest BCUT2D eigenvalue weighted by atomic mass is 9.84. The minimum Gasteiger partial charge on any atom is -0.369 e. The van der Waals surface area contributed by atoms with Gasteiger partial charge in [-0.1, -0.05) is 31.0 Å². The van der Waals surface area contributed by atoms with E-state index < -0.39 is 0 Å². The van der Waals surface area contributed by atoms with Crippen LogP contribution in [0.1, 0.15) is 26.2 Å². The van der Waals surface area contributed by atoms with Crippen LogP contribution in [-0.2, 0) is 0 Å². The molecule has 1 saturated heterocycles. The first-order valence-corrected chi connectivity index (χ1v) is 8.43. The summed E-state index contributed by atoms with van der Waals surface area (Å²) >= 11 is 6.09. The van der Waals surface area contributed by atoms with Gasteiger partial charge in [-0.15, -0.1) is 0 Å². The predicted molar refractivity (Wildman–Crippen MR) is 90.0 cm³/mol. The maximum Gasteiger partial charge on any atom is 0.0426 e. The zero-order valence-electron chi connectivity index (χ0n) is 12.9. The zero-order chi connectivity index (χ0) is 14.9. The topological polar surface area (TPSA) is 32.5 Å². The van der Waals surface area contributed by atoms with E-state index in [9.17, 15) is 0 Å². The fourth-order valence-electron chi connectivity index (χ4n) is 3.80. The predicted octanol–water partition coefficient (Wildman–Crippen LogP) is 2.98. The van der Waals surface area contributed by atoms with Crippen molar-refractivity contribution in [2.24, 2.45) is 11.1 Å². The Morgan fingerprint density at radius 2 is 2.05 bits per heavy atom. The average molecular weight is 308 g/mol. The van der Waals surface area contributed by atoms with Gasteiger partial charge in [-0.25, -0.2) is 0 Å². The maximum absolute atomic E-state index is 6.31. The highest BCUT2D eigenvalue weighted by Gasteiger charge is 2.38. The molecule has 0 spiro atoms. The van der Waals surface area contributed by atoms with Crippen LogP contribution in [0.25, 0.3) is 0 Å². The number of piperazine rings is 1. The van der Waals surface area contributed by atoms with Crippen LogP contribution in [-0.4, -0.2) is 43.7 Å². The van der Waals surface area contributed by atoms with E-state index in [1.165, 1.54) is 24.9 Å². The summed E-state index contributed by atoms with van der Waals surface area (Å²) in [6.07, 6.45) is 3.77. The summed E-state index contributed by atoms with van der Waals surface area (Å²) in [6, 6.07) is 8.55. The van der Waals surface area contributed by atoms with Crippen molar-refractivity contribution >= 4 is 17.3 Å². The highest BCUT2D eigenvalue weighted by atomic mass is 35.5. The number of nitrogens with zero attached hydrogens (tertiary/aromatic N) is 2. The molecule has 1 heterocycles. The third-order valence-electron chi connectivity index (χ3n) is 5.29. The third-order valence-corrected chi connectivity index (χ3v) is 5.52. The number of benzene rings is 1. The van der Waals surface area contributed by atoms with Gasteiger partial charge in [0, 0.05) is 49.5 Å². The van der Waals surface area contributed by atoms with Gasteiger partial charge in [0.25, 0.3) is 0 Å². The third kappa shape index (κ3) is 3.36. The normalized spacial score (nSPS) is 30.8. The number of halogens is 1. The maximum atomic E-state index is 6.31. The van der Waals surface area contributed by atoms with Crippen LogP contribution in [0.15, 0.2) is 24.3 Å². The van der Waals surface area contributed by atoms with Crippen LogP contribution in [0.5, 0.6) is 0 Å². The van der Waals surface area contributed by atoms with Gasteiger partial charge in [0.1, 0.15) is 0 Å². The molecule has 1 aliphatic heterocycles. The second kappa shape index (κ2) is 6.15. The van der Waals surface area contributed by atoms with Crippen LogP contribution >= 0.6 is 11.6 Å². The lowest BCUT2D eigenvalue weighted by Crippen LogP contribution is -2.52. The lowest BCUT2D eigenvalue weighted by Gasteiger charge is -2.41. The molecule has 0 amide bonds. The van der Waals surface area contributed by atoms with Crippen LogP contribution < -0.4 is 10.6 Å². The van der Waals surface area contributed by atoms with Gasteiger partial charge in [0.15, 0.2) is 0 Å². The lowest BCUT2D eigenvalue weighted by molar-refractivity contribution is 0.146. The van der Waals surface area contributed by atoms with Crippen LogP contribution in [0, 0.1) is 5.41 Å². The smallest absolute Gasteiger partial charge is 0.0426 e. The number of nitrogens with two attached hydrogens (primary N) is 1. The molecule has 3 nitrogen and oxygen atoms in total. The summed E-state index contributed by atoms with van der Waals surface area (Å²) in [5.74, 6) is 0. The summed E-state index contributed by atoms with van der Waals surface area (Å²) in [5.41, 5.74) is 7.87. The molecule has 2 N–H and O–H groups in total. The largest absolute Gasteiger partial charge is 0.369 e. The van der Waals surface area contributed by atoms with E-state index in [4.69, 9.17) is 17.3 Å². The second-order valence-electron chi connectivity index (χ2n) is 6.90. The summed E-state index contributed by atoms with van der Waals surface area (Å²) in [4.78, 5) is 5.02. The molecule has 2 aliphatic rings. The van der Waals surface area contributed by atoms with Crippen LogP contribution in [0.3, 0.4) is 0 Å². The molecular weight excluding hydrogens is 282 g/mol. The second-order valence-corrected chi connectivity index (χ2v) is 7.33. The van der Waals surface area contributed by atoms with Gasteiger partial charge in [-0.2, -0.15) is 0 Å². The summed E-state index contributed by atoms with van der Waals surface area (Å²) in [7, 11) is 0. The molecular formula is C17H26ClN3. The molecule has 1 aromatic rings. The van der Waals surface area contributed by atoms with Gasteiger partial charge in [0.2, 0.25) is 0 Å². The Labute approximate surface area is 133 Å². The van der Waals surface area contributed by atoms with E-state index in [-0.39, 0.29) is 0 Å². The van der Waals surface area contributed by atoms with Gasteiger partial charge >= 0.3 is 0 Å². The van der Waals surface area contributed by atoms with Gasteiger partial charge < -0.3 is 10.6 Å². The Kier molecular flexibility index (Phi) is 4.43. The highest BCUT2D eigenvalue weighted by molar-refractivity contribution is 6.30. The van der Waals surface area contributed by atoms with Crippen LogP contribution in [0.4, 0.5) is 5.69 Å². The summed E-state index contributed by atoms with van der Waals surface area (Å²) < 4.78 is 0. The molecule has 2 fully saturated rings. The van der Waals surface area contributed by atoms with Crippen molar-refractivity contribution < 1.29 is 0 Å². The van der Waals surface area contributed by atoms with Crippen molar-refractivity contribution in [1.29, 1.82) is 0 Å². The number of rotatable bonds is 3. The fraction of sp³-hybridized carbons (Fsp3) is 0.647. The van der Waals surface area contributed by atoms with Crippen molar-refractivity contribution in [3.05, 3.63) is 29.3 Å². The zero-order valence-corrected chi connectivity index (χ0v) is 13.6. The van der Waals surface area contributed by atoms with Crippen molar-refractivity contribution in [2.45, 2.75) is 32.2 Å². The SMILES string of the molecule is CC1(CN2CCN(c3cccc(Cl)c3)CC2)CCCC1N. The van der Waals surface area contributed by atoms with E-state index in [1.807, 2.05) is 12.1 Å². The molecule has 2 atom stereocenters. The highest BCUT2D eigenvalue weighted by Crippen LogP contribution is 2.37. The Bertz CT molecular complexity index is 485. The quantitative estimate of drug-likeness (QED) is 0.932. The molecule has 21 heavy (non-hydrogen) atoms. The summed E-state index contributed by atoms with van der Waals surface area (Å²) in [5, 5.41) is 0.819. The van der Waals surface area contributed by atoms with Gasteiger partial charge in [-0.3, -0.25) is 4.90 Å². The molecule has 4 heteroatoms. The molecule has 2 unspecified atom stereocenters. The Morgan fingerprint density at radius 1 is 1.29 bits per heavy atom. The Morgan fingerprint density at radius 3 is 2.67 bits per heavy atom. The van der Waals surface area contributed by atoms with Crippen LogP contribution in [0.2, 0.25) is 5.02 Å². The first-order chi connectivity index (χ1) is 10.1. The first kappa shape index (κ1) is 15.1. The number of hydrogen-bond donors (Lipinski definition) is 1. The first-order valence-electron chi connectivity index (χ1n) is 8.05. The molecule has 116 valence electrons. The molecule has 1 saturated carbocycles. The molecule has 3 rings (SSSR count). The van der Waals surface area contributed by atoms with E-state index >= 15 is 0 Å². The van der Waals surface area contributed by atoms with E-state index in [0.717, 1.165) is 37.7 Å². The monoisotopic (exact) mass is 307 g/mol. The van der Waals surface area contributed by atoms with E-state index in [2.05, 4.69) is 28.9 Å². The minimum atomic E-state index is 0.318. The molecule has 1 aliphatic carbocycles. The molecule has 1 aromatic carbocycles. The standard InChI is InChI=1S/C17H26ClN3/c1-17(7-3-6-16(17)19)13-20-8-10-21(11-9-20)15-5-2-4-14(18)12-15/h2,4-5,12,16H,3,6-11,13,19H2,1H3. The molecule has 0 bridgehead atoms. The van der Waals surface area contributed by atoms with E-state index in [1.54, 1.807) is 0 Å². The van der Waals surface area contributed by atoms with Crippen molar-refractivity contribution in [1.82, 2.24) is 4.90 Å². The van der Waals surface area contributed by atoms with Crippen molar-refractivity contribution in [3.8, 4) is 0 Å². The fourth-order valence-corrected chi connectivity index (χ4v) is 3.99. The van der Waals surface area contributed by atoms with Gasteiger partial charge in [0.05, 0.1) is 0 Å². The Hall–Kier alpha value is -0.770.